The number of alkyl halides is 2. The minimum absolute atomic E-state index is 0.226. The summed E-state index contributed by atoms with van der Waals surface area (Å²) < 4.78 is 31.6. The highest BCUT2D eigenvalue weighted by atomic mass is 19.3. The van der Waals surface area contributed by atoms with E-state index >= 15 is 0 Å². The lowest BCUT2D eigenvalue weighted by atomic mass is 10.0. The molecule has 0 bridgehead atoms. The average molecular weight is 273 g/mol. The number of halogens is 2. The van der Waals surface area contributed by atoms with Gasteiger partial charge in [-0.15, -0.1) is 0 Å². The van der Waals surface area contributed by atoms with Crippen molar-refractivity contribution in [3.05, 3.63) is 29.8 Å². The Morgan fingerprint density at radius 3 is 2.11 bits per heavy atom. The fraction of sp³-hybridized carbons (Fsp3) is 0.462. The van der Waals surface area contributed by atoms with E-state index in [4.69, 9.17) is 4.74 Å². The third-order valence-electron chi connectivity index (χ3n) is 2.24. The van der Waals surface area contributed by atoms with Gasteiger partial charge in [-0.3, -0.25) is 0 Å². The van der Waals surface area contributed by atoms with Crippen LogP contribution < -0.4 is 9.84 Å². The molecule has 4 nitrogen and oxygen atoms in total. The Bertz CT molecular complexity index is 449. The van der Waals surface area contributed by atoms with Gasteiger partial charge in [0.05, 0.1) is 0 Å². The largest absolute Gasteiger partial charge is 0.544 e. The molecule has 106 valence electrons. The summed E-state index contributed by atoms with van der Waals surface area (Å²) in [7, 11) is 0. The summed E-state index contributed by atoms with van der Waals surface area (Å²) in [5.41, 5.74) is -0.676. The molecule has 1 N–H and O–H groups in total. The number of aliphatic hydroxyl groups is 1. The zero-order chi connectivity index (χ0) is 14.8. The van der Waals surface area contributed by atoms with Crippen LogP contribution in [0.15, 0.2) is 24.3 Å². The summed E-state index contributed by atoms with van der Waals surface area (Å²) in [5, 5.41) is 19.6. The first-order valence-corrected chi connectivity index (χ1v) is 5.60. The fourth-order valence-electron chi connectivity index (χ4n) is 1.39. The van der Waals surface area contributed by atoms with E-state index in [9.17, 15) is 23.8 Å². The smallest absolute Gasteiger partial charge is 0.316 e. The molecule has 0 heterocycles. The van der Waals surface area contributed by atoms with E-state index in [1.807, 2.05) is 20.8 Å². The Hall–Kier alpha value is -1.69. The topological polar surface area (TPSA) is 69.6 Å². The third kappa shape index (κ3) is 3.89. The van der Waals surface area contributed by atoms with Gasteiger partial charge in [-0.25, -0.2) is 0 Å². The molecule has 0 radical (unpaired) electrons. The van der Waals surface area contributed by atoms with Crippen molar-refractivity contribution in [1.82, 2.24) is 0 Å². The van der Waals surface area contributed by atoms with Crippen molar-refractivity contribution in [2.45, 2.75) is 38.4 Å². The van der Waals surface area contributed by atoms with Gasteiger partial charge in [-0.1, -0.05) is 12.1 Å². The third-order valence-corrected chi connectivity index (χ3v) is 2.24. The van der Waals surface area contributed by atoms with Crippen LogP contribution in [0.2, 0.25) is 0 Å². The molecular formula is C13H15F2O4-. The van der Waals surface area contributed by atoms with Crippen molar-refractivity contribution >= 4 is 5.97 Å². The lowest BCUT2D eigenvalue weighted by Gasteiger charge is -2.24. The van der Waals surface area contributed by atoms with Crippen LogP contribution in [-0.2, 0) is 4.79 Å². The Kier molecular flexibility index (Phi) is 4.15. The lowest BCUT2D eigenvalue weighted by Crippen LogP contribution is -2.45. The number of benzene rings is 1. The first-order valence-electron chi connectivity index (χ1n) is 5.60. The number of carboxylic acid groups (broad SMARTS) is 1. The van der Waals surface area contributed by atoms with Crippen molar-refractivity contribution in [3.63, 3.8) is 0 Å². The maximum atomic E-state index is 13.1. The molecule has 0 aliphatic heterocycles. The summed E-state index contributed by atoms with van der Waals surface area (Å²) in [6.45, 7) is 5.46. The van der Waals surface area contributed by atoms with E-state index in [-0.39, 0.29) is 5.56 Å². The van der Waals surface area contributed by atoms with Crippen LogP contribution in [0.25, 0.3) is 0 Å². The normalized spacial score (nSPS) is 14.0. The van der Waals surface area contributed by atoms with Crippen molar-refractivity contribution in [1.29, 1.82) is 0 Å². The van der Waals surface area contributed by atoms with E-state index in [1.54, 1.807) is 0 Å². The number of ether oxygens (including phenoxy) is 1. The second-order valence-corrected chi connectivity index (χ2v) is 5.10. The number of hydrogen-bond donors (Lipinski definition) is 1. The average Bonchev–Trinajstić information content (AvgIpc) is 2.26. The molecule has 1 rings (SSSR count). The van der Waals surface area contributed by atoms with Crippen molar-refractivity contribution in [3.8, 4) is 5.75 Å². The Balaban J connectivity index is 2.90. The molecule has 6 heteroatoms. The Morgan fingerprint density at radius 1 is 1.26 bits per heavy atom. The van der Waals surface area contributed by atoms with E-state index in [1.165, 1.54) is 24.3 Å². The molecule has 1 aromatic carbocycles. The quantitative estimate of drug-likeness (QED) is 0.897. The maximum absolute atomic E-state index is 13.1. The van der Waals surface area contributed by atoms with Gasteiger partial charge in [0.15, 0.2) is 0 Å². The first-order chi connectivity index (χ1) is 8.54. The van der Waals surface area contributed by atoms with Crippen LogP contribution in [0.3, 0.4) is 0 Å². The number of aliphatic carboxylic acids is 1. The summed E-state index contributed by atoms with van der Waals surface area (Å²) in [5.74, 6) is -6.53. The number of hydrogen-bond acceptors (Lipinski definition) is 4. The Morgan fingerprint density at radius 2 is 1.74 bits per heavy atom. The van der Waals surface area contributed by atoms with Crippen molar-refractivity contribution < 1.29 is 28.5 Å². The predicted octanol–water partition coefficient (Wildman–Crippen LogP) is 1.28. The van der Waals surface area contributed by atoms with Crippen LogP contribution in [0.5, 0.6) is 5.75 Å². The van der Waals surface area contributed by atoms with Crippen molar-refractivity contribution in [2.24, 2.45) is 0 Å². The highest BCUT2D eigenvalue weighted by Crippen LogP contribution is 2.32. The molecule has 0 aromatic heterocycles. The lowest BCUT2D eigenvalue weighted by molar-refractivity contribution is -0.336. The second-order valence-electron chi connectivity index (χ2n) is 5.10. The highest BCUT2D eigenvalue weighted by molar-refractivity contribution is 5.74. The molecule has 0 aliphatic carbocycles. The summed E-state index contributed by atoms with van der Waals surface area (Å²) in [4.78, 5) is 10.2. The number of rotatable bonds is 4. The molecular weight excluding hydrogens is 258 g/mol. The van der Waals surface area contributed by atoms with Crippen LogP contribution in [0.1, 0.15) is 32.4 Å². The van der Waals surface area contributed by atoms with Crippen molar-refractivity contribution in [2.75, 3.05) is 0 Å². The number of carboxylic acids is 1. The fourth-order valence-corrected chi connectivity index (χ4v) is 1.39. The molecule has 0 saturated heterocycles. The molecule has 1 atom stereocenters. The van der Waals surface area contributed by atoms with E-state index in [0.29, 0.717) is 5.75 Å². The molecule has 0 saturated carbocycles. The number of carbonyl (C=O) groups is 1. The van der Waals surface area contributed by atoms with E-state index in [2.05, 4.69) is 0 Å². The summed E-state index contributed by atoms with van der Waals surface area (Å²) >= 11 is 0. The van der Waals surface area contributed by atoms with E-state index < -0.39 is 23.6 Å². The zero-order valence-electron chi connectivity index (χ0n) is 10.8. The minimum atomic E-state index is -4.34. The standard InChI is InChI=1S/C13H16F2O4/c1-12(2,3)19-9-6-4-8(5-7-9)10(16)13(14,15)11(17)18/h4-7,10,16H,1-3H3,(H,17,18)/p-1. The van der Waals surface area contributed by atoms with Crippen LogP contribution in [0.4, 0.5) is 8.78 Å². The summed E-state index contributed by atoms with van der Waals surface area (Å²) in [6, 6.07) is 5.13. The second kappa shape index (κ2) is 5.13. The van der Waals surface area contributed by atoms with Crippen LogP contribution in [0, 0.1) is 0 Å². The van der Waals surface area contributed by atoms with Gasteiger partial charge in [0.2, 0.25) is 0 Å². The molecule has 0 spiro atoms. The zero-order valence-corrected chi connectivity index (χ0v) is 10.8. The number of aliphatic hydroxyl groups excluding tert-OH is 1. The van der Waals surface area contributed by atoms with Crippen LogP contribution in [-0.4, -0.2) is 22.6 Å². The highest BCUT2D eigenvalue weighted by Gasteiger charge is 2.41. The van der Waals surface area contributed by atoms with Gasteiger partial charge in [0, 0.05) is 0 Å². The molecule has 0 fully saturated rings. The minimum Gasteiger partial charge on any atom is -0.544 e. The van der Waals surface area contributed by atoms with E-state index in [0.717, 1.165) is 0 Å². The van der Waals surface area contributed by atoms with Gasteiger partial charge in [0.25, 0.3) is 0 Å². The molecule has 0 amide bonds. The van der Waals surface area contributed by atoms with Gasteiger partial charge in [0.1, 0.15) is 23.4 Å². The molecule has 0 aliphatic rings. The van der Waals surface area contributed by atoms with Gasteiger partial charge in [-0.05, 0) is 38.5 Å². The molecule has 19 heavy (non-hydrogen) atoms. The van der Waals surface area contributed by atoms with Gasteiger partial charge < -0.3 is 19.7 Å². The summed E-state index contributed by atoms with van der Waals surface area (Å²) in [6.07, 6.45) is -2.46. The monoisotopic (exact) mass is 273 g/mol. The van der Waals surface area contributed by atoms with Crippen LogP contribution >= 0.6 is 0 Å². The molecule has 1 aromatic rings. The number of carbonyl (C=O) groups excluding carboxylic acids is 1. The first kappa shape index (κ1) is 15.4. The Labute approximate surface area is 109 Å². The molecule has 1 unspecified atom stereocenters. The van der Waals surface area contributed by atoms with Gasteiger partial charge >= 0.3 is 5.92 Å². The predicted molar refractivity (Wildman–Crippen MR) is 61.7 cm³/mol. The maximum Gasteiger partial charge on any atom is 0.316 e. The SMILES string of the molecule is CC(C)(C)Oc1ccc(C(O)C(F)(F)C(=O)[O-])cc1. The van der Waals surface area contributed by atoms with Gasteiger partial charge in [-0.2, -0.15) is 8.78 Å².